The molecule has 0 saturated carbocycles. The summed E-state index contributed by atoms with van der Waals surface area (Å²) in [5.41, 5.74) is 2.26. The minimum Gasteiger partial charge on any atom is -0.344 e. The lowest BCUT2D eigenvalue weighted by Gasteiger charge is -2.22. The van der Waals surface area contributed by atoms with E-state index in [4.69, 9.17) is 4.98 Å². The first kappa shape index (κ1) is 20.0. The minimum absolute atomic E-state index is 0.117. The molecular weight excluding hydrogens is 398 g/mol. The van der Waals surface area contributed by atoms with Crippen LogP contribution in [0.2, 0.25) is 0 Å². The van der Waals surface area contributed by atoms with E-state index in [0.717, 1.165) is 21.7 Å². The van der Waals surface area contributed by atoms with Crippen molar-refractivity contribution in [2.45, 2.75) is 26.4 Å². The van der Waals surface area contributed by atoms with E-state index in [0.29, 0.717) is 5.69 Å². The van der Waals surface area contributed by atoms with Crippen LogP contribution in [0.25, 0.3) is 21.6 Å². The van der Waals surface area contributed by atoms with E-state index < -0.39 is 0 Å². The summed E-state index contributed by atoms with van der Waals surface area (Å²) < 4.78 is 3.21. The van der Waals surface area contributed by atoms with Crippen molar-refractivity contribution in [3.8, 4) is 10.6 Å². The number of fused-ring (bicyclic) bond motifs is 1. The fourth-order valence-electron chi connectivity index (χ4n) is 3.44. The van der Waals surface area contributed by atoms with E-state index >= 15 is 0 Å². The number of benzene rings is 1. The maximum Gasteiger partial charge on any atom is 0.267 e. The Morgan fingerprint density at radius 1 is 1.13 bits per heavy atom. The molecule has 0 unspecified atom stereocenters. The third-order valence-electron chi connectivity index (χ3n) is 5.02. The van der Waals surface area contributed by atoms with E-state index in [2.05, 4.69) is 10.4 Å². The van der Waals surface area contributed by atoms with E-state index in [1.54, 1.807) is 6.07 Å². The molecule has 1 amide bonds. The van der Waals surface area contributed by atoms with Gasteiger partial charge in [0.1, 0.15) is 18.1 Å². The van der Waals surface area contributed by atoms with Crippen molar-refractivity contribution >= 4 is 28.3 Å². The Labute approximate surface area is 178 Å². The van der Waals surface area contributed by atoms with Gasteiger partial charge in [-0.1, -0.05) is 32.0 Å². The average Bonchev–Trinajstić information content (AvgIpc) is 3.37. The monoisotopic (exact) mass is 421 g/mol. The molecule has 3 aromatic heterocycles. The molecule has 7 nitrogen and oxygen atoms in total. The topological polar surface area (TPSA) is 81.8 Å². The third kappa shape index (κ3) is 3.91. The zero-order chi connectivity index (χ0) is 21.3. The van der Waals surface area contributed by atoms with Crippen LogP contribution in [-0.4, -0.2) is 25.2 Å². The number of aryl methyl sites for hydroxylation is 1. The first-order chi connectivity index (χ1) is 14.4. The zero-order valence-electron chi connectivity index (χ0n) is 17.1. The Bertz CT molecular complexity index is 1240. The molecule has 0 radical (unpaired) electrons. The molecular formula is C22H23N5O2S. The van der Waals surface area contributed by atoms with Crippen LogP contribution in [-0.2, 0) is 18.4 Å². The molecule has 0 fully saturated rings. The molecule has 3 heterocycles. The molecule has 0 aliphatic heterocycles. The van der Waals surface area contributed by atoms with E-state index in [9.17, 15) is 9.59 Å². The normalized spacial score (nSPS) is 12.4. The molecule has 1 atom stereocenters. The van der Waals surface area contributed by atoms with Gasteiger partial charge in [0.2, 0.25) is 5.91 Å². The Morgan fingerprint density at radius 3 is 2.63 bits per heavy atom. The number of hydrogen-bond acceptors (Lipinski definition) is 5. The molecule has 4 rings (SSSR count). The number of rotatable bonds is 6. The quantitative estimate of drug-likeness (QED) is 0.518. The van der Waals surface area contributed by atoms with Gasteiger partial charge in [-0.15, -0.1) is 11.3 Å². The molecule has 0 aliphatic rings. The molecule has 0 bridgehead atoms. The zero-order valence-corrected chi connectivity index (χ0v) is 17.9. The molecule has 1 N–H and O–H groups in total. The second-order valence-corrected chi connectivity index (χ2v) is 8.45. The summed E-state index contributed by atoms with van der Waals surface area (Å²) in [6, 6.07) is 14.6. The fraction of sp³-hybridized carbons (Fsp3) is 0.273. The molecule has 1 aromatic carbocycles. The number of hydrogen-bond donors (Lipinski definition) is 1. The summed E-state index contributed by atoms with van der Waals surface area (Å²) in [6.07, 6.45) is 0. The average molecular weight is 422 g/mol. The number of para-hydroxylation sites is 2. The highest BCUT2D eigenvalue weighted by Gasteiger charge is 2.24. The highest BCUT2D eigenvalue weighted by molar-refractivity contribution is 7.13. The van der Waals surface area contributed by atoms with Gasteiger partial charge in [0.05, 0.1) is 22.0 Å². The molecule has 154 valence electrons. The number of amides is 1. The van der Waals surface area contributed by atoms with Gasteiger partial charge >= 0.3 is 0 Å². The summed E-state index contributed by atoms with van der Waals surface area (Å²) >= 11 is 1.54. The van der Waals surface area contributed by atoms with Crippen LogP contribution >= 0.6 is 11.3 Å². The lowest BCUT2D eigenvalue weighted by Crippen LogP contribution is -2.38. The Kier molecular flexibility index (Phi) is 5.50. The Morgan fingerprint density at radius 2 is 1.93 bits per heavy atom. The maximum absolute atomic E-state index is 12.8. The Balaban J connectivity index is 1.58. The first-order valence-electron chi connectivity index (χ1n) is 9.77. The summed E-state index contributed by atoms with van der Waals surface area (Å²) in [7, 11) is 1.95. The van der Waals surface area contributed by atoms with Crippen molar-refractivity contribution in [3.63, 3.8) is 0 Å². The van der Waals surface area contributed by atoms with Gasteiger partial charge in [-0.3, -0.25) is 9.59 Å². The van der Waals surface area contributed by atoms with Crippen molar-refractivity contribution in [3.05, 3.63) is 70.1 Å². The lowest BCUT2D eigenvalue weighted by molar-refractivity contribution is -0.123. The van der Waals surface area contributed by atoms with Gasteiger partial charge in [0.15, 0.2) is 0 Å². The lowest BCUT2D eigenvalue weighted by atomic mass is 10.0. The largest absolute Gasteiger partial charge is 0.344 e. The second-order valence-electron chi connectivity index (χ2n) is 7.50. The number of imidazole rings is 1. The van der Waals surface area contributed by atoms with Crippen LogP contribution in [0.3, 0.4) is 0 Å². The molecule has 0 saturated heterocycles. The predicted molar refractivity (Wildman–Crippen MR) is 118 cm³/mol. The summed E-state index contributed by atoms with van der Waals surface area (Å²) in [6.45, 7) is 3.92. The van der Waals surface area contributed by atoms with Crippen molar-refractivity contribution in [2.24, 2.45) is 13.0 Å². The van der Waals surface area contributed by atoms with Crippen LogP contribution in [0.15, 0.2) is 58.7 Å². The minimum atomic E-state index is -0.311. The summed E-state index contributed by atoms with van der Waals surface area (Å²) in [5.74, 6) is 0.623. The number of carbonyl (C=O) groups excluding carboxylic acids is 1. The van der Waals surface area contributed by atoms with E-state index in [-0.39, 0.29) is 30.0 Å². The van der Waals surface area contributed by atoms with E-state index in [1.807, 2.05) is 67.2 Å². The highest BCUT2D eigenvalue weighted by Crippen LogP contribution is 2.25. The summed E-state index contributed by atoms with van der Waals surface area (Å²) in [4.78, 5) is 30.7. The van der Waals surface area contributed by atoms with E-state index in [1.165, 1.54) is 22.1 Å². The maximum atomic E-state index is 12.8. The number of carbonyl (C=O) groups is 1. The standard InChI is InChI=1S/C22H23N5O2S/c1-14(2)21(22-23-15-7-4-5-8-17(15)26(22)3)24-19(28)13-27-20(29)11-10-16(25-27)18-9-6-12-30-18/h4-12,14,21H,13H2,1-3H3,(H,24,28)/t21-/m0/s1. The molecule has 0 aliphatic carbocycles. The number of nitrogens with one attached hydrogen (secondary N) is 1. The van der Waals surface area contributed by atoms with Crippen molar-refractivity contribution in [1.82, 2.24) is 24.6 Å². The van der Waals surface area contributed by atoms with Gasteiger partial charge < -0.3 is 9.88 Å². The van der Waals surface area contributed by atoms with Crippen LogP contribution < -0.4 is 10.9 Å². The molecule has 4 aromatic rings. The third-order valence-corrected chi connectivity index (χ3v) is 5.91. The molecule has 30 heavy (non-hydrogen) atoms. The second kappa shape index (κ2) is 8.23. The number of aromatic nitrogens is 4. The van der Waals surface area contributed by atoms with Crippen LogP contribution in [0.1, 0.15) is 25.7 Å². The number of nitrogens with zero attached hydrogens (tertiary/aromatic N) is 4. The molecule has 0 spiro atoms. The van der Waals surface area contributed by atoms with Crippen molar-refractivity contribution in [1.29, 1.82) is 0 Å². The molecule has 8 heteroatoms. The van der Waals surface area contributed by atoms with Gasteiger partial charge in [-0.2, -0.15) is 5.10 Å². The van der Waals surface area contributed by atoms with Crippen molar-refractivity contribution in [2.75, 3.05) is 0 Å². The van der Waals surface area contributed by atoms with Crippen LogP contribution in [0.5, 0.6) is 0 Å². The SMILES string of the molecule is CC(C)[C@H](NC(=O)Cn1nc(-c2cccs2)ccc1=O)c1nc2ccccc2n1C. The smallest absolute Gasteiger partial charge is 0.267 e. The highest BCUT2D eigenvalue weighted by atomic mass is 32.1. The Hall–Kier alpha value is -3.26. The first-order valence-corrected chi connectivity index (χ1v) is 10.6. The number of thiophene rings is 1. The van der Waals surface area contributed by atoms with Gasteiger partial charge in [-0.05, 0) is 35.6 Å². The van der Waals surface area contributed by atoms with Crippen LogP contribution in [0, 0.1) is 5.92 Å². The van der Waals surface area contributed by atoms with Crippen molar-refractivity contribution < 1.29 is 4.79 Å². The van der Waals surface area contributed by atoms with Gasteiger partial charge in [0, 0.05) is 13.1 Å². The predicted octanol–water partition coefficient (Wildman–Crippen LogP) is 3.37. The summed E-state index contributed by atoms with van der Waals surface area (Å²) in [5, 5.41) is 9.36. The van der Waals surface area contributed by atoms with Gasteiger partial charge in [-0.25, -0.2) is 9.67 Å². The van der Waals surface area contributed by atoms with Gasteiger partial charge in [0.25, 0.3) is 5.56 Å². The van der Waals surface area contributed by atoms with Crippen LogP contribution in [0.4, 0.5) is 0 Å². The fourth-order valence-corrected chi connectivity index (χ4v) is 4.14.